The number of hydrogen-bond acceptors (Lipinski definition) is 6. The lowest BCUT2D eigenvalue weighted by atomic mass is 10.1. The molecule has 0 atom stereocenters. The number of carbonyl (C=O) groups excluding carboxylic acids is 1. The van der Waals surface area contributed by atoms with Gasteiger partial charge in [0.2, 0.25) is 17.6 Å². The van der Waals surface area contributed by atoms with E-state index in [4.69, 9.17) is 15.0 Å². The van der Waals surface area contributed by atoms with E-state index in [1.165, 1.54) is 0 Å². The summed E-state index contributed by atoms with van der Waals surface area (Å²) in [5.74, 6) is 0.448. The Balaban J connectivity index is 2.55. The van der Waals surface area contributed by atoms with Crippen molar-refractivity contribution in [3.63, 3.8) is 0 Å². The first kappa shape index (κ1) is 13.6. The normalized spacial score (nSPS) is 11.7. The fraction of sp³-hybridized carbons (Fsp3) is 0.700. The molecule has 3 N–H and O–H groups in total. The van der Waals surface area contributed by atoms with Crippen molar-refractivity contribution < 1.29 is 14.1 Å². The van der Waals surface area contributed by atoms with E-state index in [9.17, 15) is 4.79 Å². The Morgan fingerprint density at radius 2 is 2.29 bits per heavy atom. The third kappa shape index (κ3) is 4.12. The first-order chi connectivity index (χ1) is 7.95. The standard InChI is InChI=1S/C10H18N4O3/c1-4-16-10(2,3)9-13-8(17-14-9)6-12-5-7(11)15/h12H,4-6H2,1-3H3,(H2,11,15). The number of aromatic nitrogens is 2. The topological polar surface area (TPSA) is 103 Å². The number of ether oxygens (including phenoxy) is 1. The first-order valence-electron chi connectivity index (χ1n) is 5.41. The Labute approximate surface area is 99.7 Å². The number of rotatable bonds is 7. The molecule has 0 spiro atoms. The largest absolute Gasteiger partial charge is 0.369 e. The van der Waals surface area contributed by atoms with E-state index in [-0.39, 0.29) is 6.54 Å². The molecule has 0 radical (unpaired) electrons. The van der Waals surface area contributed by atoms with Crippen molar-refractivity contribution >= 4 is 5.91 Å². The lowest BCUT2D eigenvalue weighted by Crippen LogP contribution is -2.28. The van der Waals surface area contributed by atoms with Crippen molar-refractivity contribution in [3.05, 3.63) is 11.7 Å². The monoisotopic (exact) mass is 242 g/mol. The number of nitrogens with two attached hydrogens (primary N) is 1. The fourth-order valence-corrected chi connectivity index (χ4v) is 1.29. The predicted octanol–water partition coefficient (Wildman–Crippen LogP) is -0.0839. The molecule has 17 heavy (non-hydrogen) atoms. The quantitative estimate of drug-likeness (QED) is 0.693. The second-order valence-corrected chi connectivity index (χ2v) is 4.02. The summed E-state index contributed by atoms with van der Waals surface area (Å²) in [6, 6.07) is 0. The summed E-state index contributed by atoms with van der Waals surface area (Å²) in [7, 11) is 0. The van der Waals surface area contributed by atoms with Crippen LogP contribution in [0, 0.1) is 0 Å². The summed E-state index contributed by atoms with van der Waals surface area (Å²) in [5, 5.41) is 6.62. The maximum absolute atomic E-state index is 10.5. The maximum atomic E-state index is 10.5. The fourth-order valence-electron chi connectivity index (χ4n) is 1.29. The smallest absolute Gasteiger partial charge is 0.240 e. The predicted molar refractivity (Wildman–Crippen MR) is 59.9 cm³/mol. The highest BCUT2D eigenvalue weighted by atomic mass is 16.5. The number of nitrogens with zero attached hydrogens (tertiary/aromatic N) is 2. The second kappa shape index (κ2) is 5.74. The minimum absolute atomic E-state index is 0.0760. The zero-order valence-electron chi connectivity index (χ0n) is 10.3. The van der Waals surface area contributed by atoms with Gasteiger partial charge in [-0.1, -0.05) is 5.16 Å². The average molecular weight is 242 g/mol. The maximum Gasteiger partial charge on any atom is 0.240 e. The molecular formula is C10H18N4O3. The lowest BCUT2D eigenvalue weighted by Gasteiger charge is -2.19. The van der Waals surface area contributed by atoms with Gasteiger partial charge in [-0.05, 0) is 20.8 Å². The van der Waals surface area contributed by atoms with Crippen LogP contribution in [0.1, 0.15) is 32.5 Å². The first-order valence-corrected chi connectivity index (χ1v) is 5.41. The summed E-state index contributed by atoms with van der Waals surface area (Å²) in [6.07, 6.45) is 0. The number of nitrogens with one attached hydrogen (secondary N) is 1. The van der Waals surface area contributed by atoms with E-state index in [2.05, 4.69) is 15.5 Å². The average Bonchev–Trinajstić information content (AvgIpc) is 2.66. The summed E-state index contributed by atoms with van der Waals surface area (Å²) < 4.78 is 10.5. The molecule has 96 valence electrons. The third-order valence-electron chi connectivity index (χ3n) is 2.09. The molecule has 1 aromatic heterocycles. The van der Waals surface area contributed by atoms with Crippen LogP contribution >= 0.6 is 0 Å². The minimum Gasteiger partial charge on any atom is -0.369 e. The molecule has 7 nitrogen and oxygen atoms in total. The molecule has 0 aliphatic carbocycles. The van der Waals surface area contributed by atoms with E-state index in [1.54, 1.807) is 0 Å². The van der Waals surface area contributed by atoms with E-state index in [0.717, 1.165) is 0 Å². The molecule has 0 aromatic carbocycles. The number of hydrogen-bond donors (Lipinski definition) is 2. The third-order valence-corrected chi connectivity index (χ3v) is 2.09. The van der Waals surface area contributed by atoms with Crippen LogP contribution in [0.25, 0.3) is 0 Å². The van der Waals surface area contributed by atoms with E-state index < -0.39 is 11.5 Å². The van der Waals surface area contributed by atoms with Gasteiger partial charge in [-0.25, -0.2) is 0 Å². The van der Waals surface area contributed by atoms with Crippen LogP contribution in [0.2, 0.25) is 0 Å². The zero-order chi connectivity index (χ0) is 12.9. The van der Waals surface area contributed by atoms with Gasteiger partial charge in [0.15, 0.2) is 0 Å². The van der Waals surface area contributed by atoms with Crippen molar-refractivity contribution in [2.24, 2.45) is 5.73 Å². The molecule has 1 aromatic rings. The summed E-state index contributed by atoms with van der Waals surface area (Å²) in [4.78, 5) is 14.7. The summed E-state index contributed by atoms with van der Waals surface area (Å²) in [5.41, 5.74) is 4.40. The molecule has 1 heterocycles. The minimum atomic E-state index is -0.583. The van der Waals surface area contributed by atoms with Crippen LogP contribution in [0.4, 0.5) is 0 Å². The van der Waals surface area contributed by atoms with Gasteiger partial charge in [0.05, 0.1) is 13.1 Å². The van der Waals surface area contributed by atoms with Gasteiger partial charge in [0.1, 0.15) is 5.60 Å². The van der Waals surface area contributed by atoms with Gasteiger partial charge in [0, 0.05) is 6.61 Å². The van der Waals surface area contributed by atoms with Crippen LogP contribution in [0.5, 0.6) is 0 Å². The molecule has 0 saturated carbocycles. The Bertz CT molecular complexity index is 375. The van der Waals surface area contributed by atoms with Gasteiger partial charge in [-0.3, -0.25) is 10.1 Å². The molecule has 0 bridgehead atoms. The Morgan fingerprint density at radius 3 is 2.88 bits per heavy atom. The molecule has 1 amide bonds. The van der Waals surface area contributed by atoms with Crippen LogP contribution in [-0.2, 0) is 21.7 Å². The SMILES string of the molecule is CCOC(C)(C)c1noc(CNCC(N)=O)n1. The van der Waals surface area contributed by atoms with Crippen LogP contribution in [0.3, 0.4) is 0 Å². The van der Waals surface area contributed by atoms with E-state index in [1.807, 2.05) is 20.8 Å². The molecule has 0 unspecified atom stereocenters. The molecule has 1 rings (SSSR count). The number of amides is 1. The Kier molecular flexibility index (Phi) is 4.59. The molecule has 7 heteroatoms. The Hall–Kier alpha value is -1.47. The van der Waals surface area contributed by atoms with E-state index in [0.29, 0.717) is 24.9 Å². The number of carbonyl (C=O) groups is 1. The highest BCUT2D eigenvalue weighted by Crippen LogP contribution is 2.21. The zero-order valence-corrected chi connectivity index (χ0v) is 10.3. The second-order valence-electron chi connectivity index (χ2n) is 4.02. The van der Waals surface area contributed by atoms with Crippen molar-refractivity contribution in [2.45, 2.75) is 32.9 Å². The van der Waals surface area contributed by atoms with Gasteiger partial charge in [-0.15, -0.1) is 0 Å². The lowest BCUT2D eigenvalue weighted by molar-refractivity contribution is -0.117. The summed E-state index contributed by atoms with van der Waals surface area (Å²) >= 11 is 0. The molecular weight excluding hydrogens is 224 g/mol. The van der Waals surface area contributed by atoms with Crippen LogP contribution < -0.4 is 11.1 Å². The van der Waals surface area contributed by atoms with E-state index >= 15 is 0 Å². The van der Waals surface area contributed by atoms with Crippen molar-refractivity contribution in [3.8, 4) is 0 Å². The highest BCUT2D eigenvalue weighted by molar-refractivity contribution is 5.75. The van der Waals surface area contributed by atoms with Gasteiger partial charge >= 0.3 is 0 Å². The van der Waals surface area contributed by atoms with Crippen molar-refractivity contribution in [1.29, 1.82) is 0 Å². The molecule has 0 aliphatic rings. The van der Waals surface area contributed by atoms with Gasteiger partial charge in [0.25, 0.3) is 0 Å². The Morgan fingerprint density at radius 1 is 1.59 bits per heavy atom. The molecule has 0 saturated heterocycles. The van der Waals surface area contributed by atoms with Crippen molar-refractivity contribution in [1.82, 2.24) is 15.5 Å². The molecule has 0 aliphatic heterocycles. The van der Waals surface area contributed by atoms with Crippen LogP contribution in [0.15, 0.2) is 4.52 Å². The van der Waals surface area contributed by atoms with Gasteiger partial charge in [-0.2, -0.15) is 4.98 Å². The molecule has 0 fully saturated rings. The highest BCUT2D eigenvalue weighted by Gasteiger charge is 2.26. The summed E-state index contributed by atoms with van der Waals surface area (Å²) in [6.45, 7) is 6.57. The van der Waals surface area contributed by atoms with Crippen molar-refractivity contribution in [2.75, 3.05) is 13.2 Å². The van der Waals surface area contributed by atoms with Crippen LogP contribution in [-0.4, -0.2) is 29.2 Å². The number of primary amides is 1. The van der Waals surface area contributed by atoms with Gasteiger partial charge < -0.3 is 15.0 Å².